The molecule has 2 aliphatic heterocycles. The first-order valence-corrected chi connectivity index (χ1v) is 7.75. The van der Waals surface area contributed by atoms with Gasteiger partial charge in [0.25, 0.3) is 0 Å². The van der Waals surface area contributed by atoms with E-state index in [0.717, 1.165) is 6.42 Å². The fourth-order valence-corrected chi connectivity index (χ4v) is 4.30. The number of carboxylic acids is 1. The van der Waals surface area contributed by atoms with Crippen LogP contribution in [0.3, 0.4) is 0 Å². The molecule has 0 saturated carbocycles. The van der Waals surface area contributed by atoms with E-state index in [0.29, 0.717) is 11.3 Å². The lowest BCUT2D eigenvalue weighted by Crippen LogP contribution is -2.58. The lowest BCUT2D eigenvalue weighted by atomic mass is 9.98. The number of allylic oxidation sites excluding steroid dienone is 1. The Morgan fingerprint density at radius 3 is 2.86 bits per heavy atom. The van der Waals surface area contributed by atoms with Crippen molar-refractivity contribution in [3.05, 3.63) is 16.9 Å². The zero-order valence-electron chi connectivity index (χ0n) is 11.8. The van der Waals surface area contributed by atoms with Gasteiger partial charge in [-0.2, -0.15) is 0 Å². The van der Waals surface area contributed by atoms with Crippen LogP contribution in [0, 0.1) is 5.92 Å². The van der Waals surface area contributed by atoms with Crippen molar-refractivity contribution in [1.29, 1.82) is 0 Å². The molecule has 1 saturated heterocycles. The number of aliphatic hydroxyl groups is 1. The van der Waals surface area contributed by atoms with E-state index in [1.807, 2.05) is 6.92 Å². The maximum Gasteiger partial charge on any atom is 0.353 e. The first-order valence-electron chi connectivity index (χ1n) is 6.88. The van der Waals surface area contributed by atoms with Crippen LogP contribution in [0.4, 0.5) is 0 Å². The highest BCUT2D eigenvalue weighted by atomic mass is 32.2. The van der Waals surface area contributed by atoms with E-state index in [4.69, 9.17) is 0 Å². The molecule has 1 aromatic heterocycles. The first-order chi connectivity index (χ1) is 10.6. The molecule has 2 N–H and O–H groups in total. The minimum absolute atomic E-state index is 0.0243. The normalized spacial score (nSPS) is 25.2. The van der Waals surface area contributed by atoms with Gasteiger partial charge in [-0.15, -0.1) is 16.9 Å². The Kier molecular flexibility index (Phi) is 3.87. The zero-order valence-corrected chi connectivity index (χ0v) is 12.6. The number of fused-ring (bicyclic) bond motifs is 1. The average Bonchev–Trinajstić information content (AvgIpc) is 3.11. The van der Waals surface area contributed by atoms with E-state index in [1.165, 1.54) is 23.0 Å². The minimum atomic E-state index is -1.12. The van der Waals surface area contributed by atoms with Crippen LogP contribution < -0.4 is 0 Å². The van der Waals surface area contributed by atoms with Crippen molar-refractivity contribution in [3.8, 4) is 0 Å². The van der Waals surface area contributed by atoms with Gasteiger partial charge in [-0.3, -0.25) is 9.69 Å². The highest BCUT2D eigenvalue weighted by molar-refractivity contribution is 8.04. The van der Waals surface area contributed by atoms with E-state index >= 15 is 0 Å². The van der Waals surface area contributed by atoms with Crippen molar-refractivity contribution < 1.29 is 19.8 Å². The van der Waals surface area contributed by atoms with Crippen LogP contribution in [-0.4, -0.2) is 59.2 Å². The second-order valence-electron chi connectivity index (χ2n) is 5.14. The maximum absolute atomic E-state index is 11.9. The number of rotatable bonds is 6. The summed E-state index contributed by atoms with van der Waals surface area (Å²) in [5.74, 6) is -1.98. The van der Waals surface area contributed by atoms with E-state index in [9.17, 15) is 19.8 Å². The number of carbonyl (C=O) groups is 2. The Morgan fingerprint density at radius 1 is 1.55 bits per heavy atom. The van der Waals surface area contributed by atoms with Gasteiger partial charge >= 0.3 is 5.97 Å². The molecule has 0 bridgehead atoms. The fraction of sp³-hybridized carbons (Fsp3) is 0.583. The van der Waals surface area contributed by atoms with Crippen molar-refractivity contribution in [2.45, 2.75) is 31.2 Å². The number of aliphatic hydroxyl groups excluding tert-OH is 1. The van der Waals surface area contributed by atoms with Crippen LogP contribution in [0.2, 0.25) is 0 Å². The third-order valence-corrected chi connectivity index (χ3v) is 5.38. The van der Waals surface area contributed by atoms with E-state index in [-0.39, 0.29) is 29.6 Å². The maximum atomic E-state index is 11.9. The molecular formula is C12H15N5O4S. The highest BCUT2D eigenvalue weighted by Gasteiger charge is 2.55. The Hall–Kier alpha value is -1.94. The molecular weight excluding hydrogens is 310 g/mol. The summed E-state index contributed by atoms with van der Waals surface area (Å²) in [7, 11) is 0. The second-order valence-corrected chi connectivity index (χ2v) is 6.35. The molecule has 0 aliphatic carbocycles. The van der Waals surface area contributed by atoms with Crippen LogP contribution in [0.1, 0.15) is 25.8 Å². The molecule has 2 aliphatic rings. The average molecular weight is 325 g/mol. The molecule has 1 amide bonds. The molecule has 0 aromatic carbocycles. The lowest BCUT2D eigenvalue weighted by Gasteiger charge is -2.41. The number of aliphatic carboxylic acids is 1. The number of amides is 1. The first kappa shape index (κ1) is 15.0. The summed E-state index contributed by atoms with van der Waals surface area (Å²) in [6, 6.07) is -0.0757. The summed E-state index contributed by atoms with van der Waals surface area (Å²) in [6.07, 6.45) is 2.65. The molecule has 1 aromatic rings. The topological polar surface area (TPSA) is 121 Å². The van der Waals surface area contributed by atoms with Gasteiger partial charge in [0.2, 0.25) is 5.91 Å². The second kappa shape index (κ2) is 5.69. The molecule has 0 unspecified atom stereocenters. The van der Waals surface area contributed by atoms with Gasteiger partial charge in [0.15, 0.2) is 0 Å². The molecule has 3 atom stereocenters. The molecule has 0 spiro atoms. The molecule has 10 heteroatoms. The number of thioether (sulfide) groups is 1. The molecule has 9 nitrogen and oxygen atoms in total. The van der Waals surface area contributed by atoms with Crippen LogP contribution in [-0.2, 0) is 9.59 Å². The van der Waals surface area contributed by atoms with Gasteiger partial charge in [-0.1, -0.05) is 6.92 Å². The number of carbonyl (C=O) groups excluding carboxylic acids is 1. The van der Waals surface area contributed by atoms with E-state index in [1.54, 1.807) is 4.68 Å². The molecule has 3 rings (SSSR count). The Morgan fingerprint density at radius 2 is 2.32 bits per heavy atom. The number of tetrazole rings is 1. The highest BCUT2D eigenvalue weighted by Crippen LogP contribution is 2.51. The third kappa shape index (κ3) is 2.18. The largest absolute Gasteiger partial charge is 0.477 e. The summed E-state index contributed by atoms with van der Waals surface area (Å²) in [6.45, 7) is 1.70. The van der Waals surface area contributed by atoms with Crippen LogP contribution in [0.25, 0.3) is 0 Å². The number of aromatic nitrogens is 4. The Bertz CT molecular complexity index is 631. The Labute approximate surface area is 130 Å². The lowest BCUT2D eigenvalue weighted by molar-refractivity contribution is -0.153. The molecule has 0 radical (unpaired) electrons. The number of hydrogen-bond donors (Lipinski definition) is 2. The van der Waals surface area contributed by atoms with Gasteiger partial charge in [0.1, 0.15) is 17.4 Å². The van der Waals surface area contributed by atoms with Gasteiger partial charge in [0, 0.05) is 11.3 Å². The van der Waals surface area contributed by atoms with Gasteiger partial charge < -0.3 is 10.2 Å². The summed E-state index contributed by atoms with van der Waals surface area (Å²) in [5, 5.41) is 29.4. The smallest absolute Gasteiger partial charge is 0.353 e. The SMILES string of the molecule is CC[C@H](CC1=C(C(=O)O)N2C(=O)[C@H](CO)[C@H]2S1)n1cnnn1. The summed E-state index contributed by atoms with van der Waals surface area (Å²) in [5.41, 5.74) is 0.0243. The van der Waals surface area contributed by atoms with Crippen molar-refractivity contribution in [1.82, 2.24) is 25.1 Å². The quantitative estimate of drug-likeness (QED) is 0.692. The van der Waals surface area contributed by atoms with Crippen molar-refractivity contribution >= 4 is 23.6 Å². The third-order valence-electron chi connectivity index (χ3n) is 3.95. The summed E-state index contributed by atoms with van der Waals surface area (Å²) in [4.78, 5) is 25.4. The van der Waals surface area contributed by atoms with Crippen molar-refractivity contribution in [3.63, 3.8) is 0 Å². The molecule has 118 valence electrons. The van der Waals surface area contributed by atoms with Gasteiger partial charge in [-0.05, 0) is 16.8 Å². The predicted molar refractivity (Wildman–Crippen MR) is 75.2 cm³/mol. The van der Waals surface area contributed by atoms with Gasteiger partial charge in [-0.25, -0.2) is 9.48 Å². The Balaban J connectivity index is 1.86. The number of nitrogens with zero attached hydrogens (tertiary/aromatic N) is 5. The standard InChI is InChI=1S/C12H15N5O4S/c1-2-6(16-5-13-14-15-16)3-8-9(12(20)21)17-10(19)7(4-18)11(17)22-8/h5-7,11,18H,2-4H2,1H3,(H,20,21)/t6-,7+,11-/m1/s1. The van der Waals surface area contributed by atoms with Crippen LogP contribution in [0.5, 0.6) is 0 Å². The molecule has 1 fully saturated rings. The van der Waals surface area contributed by atoms with Crippen molar-refractivity contribution in [2.75, 3.05) is 6.61 Å². The number of β-lactam (4-membered cyclic amide) rings is 1. The van der Waals surface area contributed by atoms with Crippen LogP contribution >= 0.6 is 11.8 Å². The van der Waals surface area contributed by atoms with Crippen molar-refractivity contribution in [2.24, 2.45) is 5.92 Å². The fourth-order valence-electron chi connectivity index (χ4n) is 2.74. The molecule has 3 heterocycles. The zero-order chi connectivity index (χ0) is 15.9. The predicted octanol–water partition coefficient (Wildman–Crippen LogP) is -0.166. The van der Waals surface area contributed by atoms with E-state index in [2.05, 4.69) is 15.5 Å². The minimum Gasteiger partial charge on any atom is -0.477 e. The number of carboxylic acid groups (broad SMARTS) is 1. The summed E-state index contributed by atoms with van der Waals surface area (Å²) < 4.78 is 1.59. The number of hydrogen-bond acceptors (Lipinski definition) is 7. The van der Waals surface area contributed by atoms with E-state index < -0.39 is 11.9 Å². The van der Waals surface area contributed by atoms with Gasteiger partial charge in [0.05, 0.1) is 18.6 Å². The van der Waals surface area contributed by atoms with Crippen LogP contribution in [0.15, 0.2) is 16.9 Å². The summed E-state index contributed by atoms with van der Waals surface area (Å²) >= 11 is 1.34. The monoisotopic (exact) mass is 325 g/mol. The molecule has 22 heavy (non-hydrogen) atoms.